The molecular formula is C43H56N2O8. The minimum absolute atomic E-state index is 0.0676. The first kappa shape index (κ1) is 38.4. The normalized spacial score (nSPS) is 23.2. The molecule has 7 rings (SSSR count). The van der Waals surface area contributed by atoms with Crippen molar-refractivity contribution in [3.05, 3.63) is 83.4 Å². The second-order valence-corrected chi connectivity index (χ2v) is 14.7. The third-order valence-electron chi connectivity index (χ3n) is 11.3. The zero-order valence-electron chi connectivity index (χ0n) is 31.7. The fraction of sp³-hybridized carbons (Fsp3) is 0.535. The molecule has 0 spiro atoms. The summed E-state index contributed by atoms with van der Waals surface area (Å²) in [5.74, 6) is 2.61. The van der Waals surface area contributed by atoms with E-state index < -0.39 is 0 Å². The summed E-state index contributed by atoms with van der Waals surface area (Å²) in [6.07, 6.45) is 9.79. The molecule has 0 unspecified atom stereocenters. The van der Waals surface area contributed by atoms with E-state index in [9.17, 15) is 9.59 Å². The van der Waals surface area contributed by atoms with Crippen molar-refractivity contribution in [2.75, 3.05) is 54.6 Å². The summed E-state index contributed by atoms with van der Waals surface area (Å²) < 4.78 is 33.5. The molecule has 53 heavy (non-hydrogen) atoms. The van der Waals surface area contributed by atoms with Crippen molar-refractivity contribution in [3.63, 3.8) is 0 Å². The summed E-state index contributed by atoms with van der Waals surface area (Å²) in [7, 11) is 6.25. The molecule has 3 aromatic rings. The van der Waals surface area contributed by atoms with Crippen LogP contribution in [0.25, 0.3) is 0 Å². The molecule has 10 nitrogen and oxygen atoms in total. The molecule has 0 radical (unpaired) electrons. The number of nitrogens with zero attached hydrogens (tertiary/aromatic N) is 1. The zero-order chi connectivity index (χ0) is 37.2. The minimum Gasteiger partial charge on any atom is -0.493 e. The molecule has 2 aliphatic carbocycles. The number of hydrogen-bond acceptors (Lipinski definition) is 10. The number of likely N-dealkylation sites (tertiary alicyclic amines) is 1. The van der Waals surface area contributed by atoms with Gasteiger partial charge < -0.3 is 33.7 Å². The lowest BCUT2D eigenvalue weighted by molar-refractivity contribution is -0.146. The summed E-state index contributed by atoms with van der Waals surface area (Å²) in [4.78, 5) is 26.9. The Balaban J connectivity index is 0.000000188. The molecule has 10 heteroatoms. The molecule has 2 aliphatic heterocycles. The maximum absolute atomic E-state index is 12.6. The van der Waals surface area contributed by atoms with Gasteiger partial charge in [0.25, 0.3) is 0 Å². The lowest BCUT2D eigenvalue weighted by Gasteiger charge is -2.21. The predicted octanol–water partition coefficient (Wildman–Crippen LogP) is 6.90. The quantitative estimate of drug-likeness (QED) is 0.198. The first-order valence-corrected chi connectivity index (χ1v) is 19.2. The van der Waals surface area contributed by atoms with Crippen LogP contribution in [0, 0.1) is 11.8 Å². The first-order valence-electron chi connectivity index (χ1n) is 19.2. The Morgan fingerprint density at radius 2 is 1.15 bits per heavy atom. The number of ether oxygens (including phenoxy) is 6. The van der Waals surface area contributed by atoms with Gasteiger partial charge in [-0.2, -0.15) is 0 Å². The summed E-state index contributed by atoms with van der Waals surface area (Å²) >= 11 is 0. The zero-order valence-corrected chi connectivity index (χ0v) is 31.7. The van der Waals surface area contributed by atoms with E-state index in [1.807, 2.05) is 30.3 Å². The Bertz CT molecular complexity index is 1640. The number of nitrogens with one attached hydrogen (secondary N) is 1. The molecule has 4 atom stereocenters. The van der Waals surface area contributed by atoms with Crippen LogP contribution in [0.1, 0.15) is 79.9 Å². The second-order valence-electron chi connectivity index (χ2n) is 14.7. The lowest BCUT2D eigenvalue weighted by atomic mass is 9.89. The molecule has 286 valence electrons. The van der Waals surface area contributed by atoms with Gasteiger partial charge in [-0.3, -0.25) is 14.5 Å². The molecule has 2 saturated heterocycles. The van der Waals surface area contributed by atoms with Gasteiger partial charge in [0.1, 0.15) is 0 Å². The summed E-state index contributed by atoms with van der Waals surface area (Å²) in [5.41, 5.74) is 3.45. The molecule has 0 amide bonds. The molecule has 2 heterocycles. The molecule has 2 saturated carbocycles. The molecule has 4 aliphatic rings. The van der Waals surface area contributed by atoms with Gasteiger partial charge in [-0.15, -0.1) is 0 Å². The average Bonchev–Trinajstić information content (AvgIpc) is 4.04. The van der Waals surface area contributed by atoms with Gasteiger partial charge in [-0.05, 0) is 92.3 Å². The SMILES string of the molecule is COC(=O)[C@@H]1CN(Cc2ccccc2)C[C@H]1c1ccc(OC)c(OC2CCCC2)c1.COC(=O)[C@@H]1CNC[C@H]1c1ccc(OC)c(OC2CCCC2)c1. The van der Waals surface area contributed by atoms with Crippen molar-refractivity contribution < 1.29 is 38.0 Å². The number of carbonyl (C=O) groups is 2. The summed E-state index contributed by atoms with van der Waals surface area (Å²) in [5, 5.41) is 3.28. The number of esters is 2. The standard InChI is InChI=1S/C25H31NO4.C18H25NO4/c1-28-23-13-12-19(14-24(23)30-20-10-6-7-11-20)21-16-26(17-22(21)25(27)29-2)15-18-8-4-3-5-9-18;1-21-16-8-7-12(9-17(16)23-13-5-3-4-6-13)14-10-19-11-15(14)18(20)22-2/h3-5,8-9,12-14,20-22H,6-7,10-11,15-17H2,1-2H3;7-9,13-15,19H,3-6,10-11H2,1-2H3/t21-,22+;14-,15+/m00/s1. The molecule has 0 aromatic heterocycles. The number of rotatable bonds is 12. The van der Waals surface area contributed by atoms with Gasteiger partial charge in [0.2, 0.25) is 0 Å². The van der Waals surface area contributed by atoms with E-state index in [-0.39, 0.29) is 47.8 Å². The molecular weight excluding hydrogens is 672 g/mol. The highest BCUT2D eigenvalue weighted by Crippen LogP contribution is 2.40. The van der Waals surface area contributed by atoms with Gasteiger partial charge in [0.15, 0.2) is 23.0 Å². The van der Waals surface area contributed by atoms with Gasteiger partial charge in [-0.25, -0.2) is 0 Å². The molecule has 1 N–H and O–H groups in total. The highest BCUT2D eigenvalue weighted by molar-refractivity contribution is 5.75. The van der Waals surface area contributed by atoms with Crippen molar-refractivity contribution in [2.45, 2.75) is 82.0 Å². The van der Waals surface area contributed by atoms with Crippen LogP contribution in [0.5, 0.6) is 23.0 Å². The van der Waals surface area contributed by atoms with Crippen LogP contribution >= 0.6 is 0 Å². The van der Waals surface area contributed by atoms with Crippen molar-refractivity contribution in [1.29, 1.82) is 0 Å². The number of hydrogen-bond donors (Lipinski definition) is 1. The van der Waals surface area contributed by atoms with Gasteiger partial charge in [-0.1, -0.05) is 42.5 Å². The number of benzene rings is 3. The van der Waals surface area contributed by atoms with Crippen molar-refractivity contribution in [1.82, 2.24) is 10.2 Å². The third-order valence-corrected chi connectivity index (χ3v) is 11.3. The monoisotopic (exact) mass is 728 g/mol. The number of carbonyl (C=O) groups excluding carboxylic acids is 2. The Kier molecular flexibility index (Phi) is 13.5. The predicted molar refractivity (Wildman–Crippen MR) is 203 cm³/mol. The van der Waals surface area contributed by atoms with E-state index in [2.05, 4.69) is 46.6 Å². The van der Waals surface area contributed by atoms with E-state index in [4.69, 9.17) is 28.4 Å². The average molecular weight is 729 g/mol. The van der Waals surface area contributed by atoms with Crippen LogP contribution in [0.4, 0.5) is 0 Å². The van der Waals surface area contributed by atoms with Crippen LogP contribution in [0.2, 0.25) is 0 Å². The second kappa shape index (κ2) is 18.7. The van der Waals surface area contributed by atoms with Crippen molar-refractivity contribution >= 4 is 11.9 Å². The largest absolute Gasteiger partial charge is 0.493 e. The van der Waals surface area contributed by atoms with Crippen LogP contribution in [-0.2, 0) is 25.6 Å². The summed E-state index contributed by atoms with van der Waals surface area (Å²) in [6, 6.07) is 22.5. The molecule has 4 fully saturated rings. The highest BCUT2D eigenvalue weighted by Gasteiger charge is 2.40. The smallest absolute Gasteiger partial charge is 0.310 e. The lowest BCUT2D eigenvalue weighted by Crippen LogP contribution is -2.24. The van der Waals surface area contributed by atoms with Crippen LogP contribution in [0.3, 0.4) is 0 Å². The van der Waals surface area contributed by atoms with Gasteiger partial charge in [0, 0.05) is 44.6 Å². The maximum Gasteiger partial charge on any atom is 0.310 e. The van der Waals surface area contributed by atoms with Gasteiger partial charge >= 0.3 is 11.9 Å². The fourth-order valence-corrected chi connectivity index (χ4v) is 8.42. The van der Waals surface area contributed by atoms with Crippen LogP contribution in [-0.4, -0.2) is 83.7 Å². The van der Waals surface area contributed by atoms with E-state index in [0.717, 1.165) is 79.4 Å². The number of methoxy groups -OCH3 is 4. The minimum atomic E-state index is -0.188. The van der Waals surface area contributed by atoms with Crippen molar-refractivity contribution in [3.8, 4) is 23.0 Å². The Morgan fingerprint density at radius 1 is 0.623 bits per heavy atom. The van der Waals surface area contributed by atoms with E-state index in [0.29, 0.717) is 13.1 Å². The maximum atomic E-state index is 12.6. The van der Waals surface area contributed by atoms with E-state index in [1.54, 1.807) is 14.2 Å². The van der Waals surface area contributed by atoms with Crippen LogP contribution in [0.15, 0.2) is 66.7 Å². The Morgan fingerprint density at radius 3 is 1.68 bits per heavy atom. The Labute approximate surface area is 314 Å². The van der Waals surface area contributed by atoms with Gasteiger partial charge in [0.05, 0.1) is 52.5 Å². The summed E-state index contributed by atoms with van der Waals surface area (Å²) in [6.45, 7) is 3.75. The first-order chi connectivity index (χ1) is 25.9. The molecule has 3 aromatic carbocycles. The van der Waals surface area contributed by atoms with E-state index >= 15 is 0 Å². The Hall–Kier alpha value is -4.28. The van der Waals surface area contributed by atoms with Crippen LogP contribution < -0.4 is 24.3 Å². The van der Waals surface area contributed by atoms with E-state index in [1.165, 1.54) is 45.5 Å². The topological polar surface area (TPSA) is 105 Å². The molecule has 0 bridgehead atoms. The highest BCUT2D eigenvalue weighted by atomic mass is 16.5. The fourth-order valence-electron chi connectivity index (χ4n) is 8.42. The third kappa shape index (κ3) is 9.64. The van der Waals surface area contributed by atoms with Crippen molar-refractivity contribution in [2.24, 2.45) is 11.8 Å².